The van der Waals surface area contributed by atoms with Gasteiger partial charge in [-0.05, 0) is 27.7 Å². The van der Waals surface area contributed by atoms with E-state index in [1.165, 1.54) is 0 Å². The lowest BCUT2D eigenvalue weighted by Crippen LogP contribution is -2.55. The number of ether oxygens (including phenoxy) is 1. The normalized spacial score (nSPS) is 19.6. The lowest BCUT2D eigenvalue weighted by molar-refractivity contribution is 0.0158. The van der Waals surface area contributed by atoms with Gasteiger partial charge in [0.05, 0.1) is 17.4 Å². The van der Waals surface area contributed by atoms with Crippen LogP contribution in [0.3, 0.4) is 0 Å². The molecular formula is C14H21ClN4O2. The van der Waals surface area contributed by atoms with Crippen LogP contribution in [0.25, 0.3) is 0 Å². The molecule has 1 saturated heterocycles. The molecule has 0 N–H and O–H groups in total. The van der Waals surface area contributed by atoms with Gasteiger partial charge in [-0.25, -0.2) is 14.8 Å². The summed E-state index contributed by atoms with van der Waals surface area (Å²) in [4.78, 5) is 24.4. The van der Waals surface area contributed by atoms with Crippen molar-refractivity contribution in [1.29, 1.82) is 0 Å². The number of carbonyl (C=O) groups excluding carboxylic acids is 1. The molecule has 1 aliphatic heterocycles. The van der Waals surface area contributed by atoms with E-state index in [4.69, 9.17) is 16.3 Å². The van der Waals surface area contributed by atoms with Crippen molar-refractivity contribution in [3.05, 3.63) is 17.4 Å². The molecule has 0 aromatic carbocycles. The number of halogens is 1. The number of piperazine rings is 1. The SMILES string of the molecule is CC1CN(c2ncc(Cl)cn2)CCN1C(=O)OC(C)(C)C. The van der Waals surface area contributed by atoms with Crippen LogP contribution in [-0.4, -0.2) is 52.2 Å². The number of carbonyl (C=O) groups is 1. The van der Waals surface area contributed by atoms with E-state index in [1.807, 2.05) is 32.6 Å². The maximum Gasteiger partial charge on any atom is 0.410 e. The van der Waals surface area contributed by atoms with Crippen molar-refractivity contribution in [2.45, 2.75) is 39.3 Å². The highest BCUT2D eigenvalue weighted by molar-refractivity contribution is 6.30. The van der Waals surface area contributed by atoms with E-state index in [9.17, 15) is 4.79 Å². The number of rotatable bonds is 1. The lowest BCUT2D eigenvalue weighted by atomic mass is 10.2. The Bertz CT molecular complexity index is 501. The van der Waals surface area contributed by atoms with Gasteiger partial charge in [0, 0.05) is 25.7 Å². The van der Waals surface area contributed by atoms with Gasteiger partial charge in [0.1, 0.15) is 5.60 Å². The first-order valence-electron chi connectivity index (χ1n) is 6.98. The standard InChI is InChI=1S/C14H21ClN4O2/c1-10-9-18(12-16-7-11(15)8-17-12)5-6-19(10)13(20)21-14(2,3)4/h7-8,10H,5-6,9H2,1-4H3. The molecule has 1 aromatic heterocycles. The molecule has 1 fully saturated rings. The predicted octanol–water partition coefficient (Wildman–Crippen LogP) is 2.58. The molecule has 1 aliphatic rings. The molecule has 1 unspecified atom stereocenters. The molecule has 116 valence electrons. The van der Waals surface area contributed by atoms with E-state index < -0.39 is 5.60 Å². The summed E-state index contributed by atoms with van der Waals surface area (Å²) in [6.07, 6.45) is 2.88. The quantitative estimate of drug-likeness (QED) is 0.797. The van der Waals surface area contributed by atoms with Crippen LogP contribution < -0.4 is 4.90 Å². The van der Waals surface area contributed by atoms with Crippen LogP contribution in [0.15, 0.2) is 12.4 Å². The third-order valence-electron chi connectivity index (χ3n) is 3.15. The minimum atomic E-state index is -0.479. The summed E-state index contributed by atoms with van der Waals surface area (Å²) in [5.74, 6) is 0.634. The van der Waals surface area contributed by atoms with Gasteiger partial charge in [-0.3, -0.25) is 0 Å². The van der Waals surface area contributed by atoms with Crippen molar-refractivity contribution in [2.24, 2.45) is 0 Å². The average molecular weight is 313 g/mol. The Morgan fingerprint density at radius 1 is 1.33 bits per heavy atom. The largest absolute Gasteiger partial charge is 0.444 e. The van der Waals surface area contributed by atoms with Crippen LogP contribution in [0.5, 0.6) is 0 Å². The molecule has 1 amide bonds. The maximum atomic E-state index is 12.1. The van der Waals surface area contributed by atoms with Gasteiger partial charge in [0.2, 0.25) is 5.95 Å². The second kappa shape index (κ2) is 6.05. The minimum absolute atomic E-state index is 0.0351. The number of nitrogens with zero attached hydrogens (tertiary/aromatic N) is 4. The predicted molar refractivity (Wildman–Crippen MR) is 81.7 cm³/mol. The molecule has 0 spiro atoms. The number of hydrogen-bond acceptors (Lipinski definition) is 5. The molecule has 0 radical (unpaired) electrons. The molecule has 6 nitrogen and oxygen atoms in total. The number of anilines is 1. The zero-order valence-electron chi connectivity index (χ0n) is 12.8. The van der Waals surface area contributed by atoms with E-state index in [1.54, 1.807) is 17.3 Å². The number of aromatic nitrogens is 2. The molecule has 1 atom stereocenters. The second-order valence-corrected chi connectivity index (χ2v) is 6.61. The molecular weight excluding hydrogens is 292 g/mol. The molecule has 21 heavy (non-hydrogen) atoms. The fraction of sp³-hybridized carbons (Fsp3) is 0.643. The average Bonchev–Trinajstić information content (AvgIpc) is 2.37. The zero-order chi connectivity index (χ0) is 15.6. The minimum Gasteiger partial charge on any atom is -0.444 e. The van der Waals surface area contributed by atoms with Crippen molar-refractivity contribution in [2.75, 3.05) is 24.5 Å². The van der Waals surface area contributed by atoms with Crippen molar-refractivity contribution in [3.8, 4) is 0 Å². The Hall–Kier alpha value is -1.56. The highest BCUT2D eigenvalue weighted by Crippen LogP contribution is 2.18. The van der Waals surface area contributed by atoms with Crippen LogP contribution in [0, 0.1) is 0 Å². The van der Waals surface area contributed by atoms with Crippen molar-refractivity contribution in [3.63, 3.8) is 0 Å². The van der Waals surface area contributed by atoms with E-state index in [0.29, 0.717) is 30.6 Å². The van der Waals surface area contributed by atoms with Gasteiger partial charge in [0.25, 0.3) is 0 Å². The summed E-state index contributed by atoms with van der Waals surface area (Å²) >= 11 is 5.79. The van der Waals surface area contributed by atoms with Crippen molar-refractivity contribution in [1.82, 2.24) is 14.9 Å². The first kappa shape index (κ1) is 15.8. The zero-order valence-corrected chi connectivity index (χ0v) is 13.6. The molecule has 2 rings (SSSR count). The smallest absolute Gasteiger partial charge is 0.410 e. The highest BCUT2D eigenvalue weighted by atomic mass is 35.5. The third-order valence-corrected chi connectivity index (χ3v) is 3.34. The number of amides is 1. The second-order valence-electron chi connectivity index (χ2n) is 6.17. The van der Waals surface area contributed by atoms with Crippen LogP contribution in [0.4, 0.5) is 10.7 Å². The number of hydrogen-bond donors (Lipinski definition) is 0. The van der Waals surface area contributed by atoms with E-state index in [0.717, 1.165) is 0 Å². The Labute approximate surface area is 130 Å². The molecule has 7 heteroatoms. The van der Waals surface area contributed by atoms with E-state index in [-0.39, 0.29) is 12.1 Å². The van der Waals surface area contributed by atoms with Crippen LogP contribution in [0.2, 0.25) is 5.02 Å². The first-order valence-corrected chi connectivity index (χ1v) is 7.36. The fourth-order valence-corrected chi connectivity index (χ4v) is 2.30. The van der Waals surface area contributed by atoms with E-state index >= 15 is 0 Å². The Balaban J connectivity index is 1.99. The summed E-state index contributed by atoms with van der Waals surface area (Å²) in [5.41, 5.74) is -0.479. The van der Waals surface area contributed by atoms with Gasteiger partial charge in [-0.2, -0.15) is 0 Å². The van der Waals surface area contributed by atoms with Crippen LogP contribution in [0.1, 0.15) is 27.7 Å². The maximum absolute atomic E-state index is 12.1. The summed E-state index contributed by atoms with van der Waals surface area (Å²) in [6.45, 7) is 9.52. The molecule has 0 saturated carbocycles. The molecule has 0 aliphatic carbocycles. The Kier molecular flexibility index (Phi) is 4.56. The van der Waals surface area contributed by atoms with E-state index in [2.05, 4.69) is 9.97 Å². The van der Waals surface area contributed by atoms with Crippen molar-refractivity contribution < 1.29 is 9.53 Å². The summed E-state index contributed by atoms with van der Waals surface area (Å²) in [7, 11) is 0. The molecule has 0 bridgehead atoms. The van der Waals surface area contributed by atoms with Gasteiger partial charge in [-0.15, -0.1) is 0 Å². The van der Waals surface area contributed by atoms with Crippen molar-refractivity contribution >= 4 is 23.6 Å². The van der Waals surface area contributed by atoms with Gasteiger partial charge >= 0.3 is 6.09 Å². The molecule has 1 aromatic rings. The molecule has 2 heterocycles. The summed E-state index contributed by atoms with van der Waals surface area (Å²) in [5, 5.41) is 0.513. The monoisotopic (exact) mass is 312 g/mol. The van der Waals surface area contributed by atoms with Crippen LogP contribution in [-0.2, 0) is 4.74 Å². The van der Waals surface area contributed by atoms with Gasteiger partial charge < -0.3 is 14.5 Å². The third kappa shape index (κ3) is 4.20. The topological polar surface area (TPSA) is 58.6 Å². The van der Waals surface area contributed by atoms with Gasteiger partial charge in [-0.1, -0.05) is 11.6 Å². The van der Waals surface area contributed by atoms with Gasteiger partial charge in [0.15, 0.2) is 0 Å². The van der Waals surface area contributed by atoms with Crippen LogP contribution >= 0.6 is 11.6 Å². The highest BCUT2D eigenvalue weighted by Gasteiger charge is 2.31. The fourth-order valence-electron chi connectivity index (χ4n) is 2.20. The Morgan fingerprint density at radius 3 is 2.48 bits per heavy atom. The summed E-state index contributed by atoms with van der Waals surface area (Å²) < 4.78 is 5.42. The first-order chi connectivity index (χ1) is 9.76. The Morgan fingerprint density at radius 2 is 1.95 bits per heavy atom. The lowest BCUT2D eigenvalue weighted by Gasteiger charge is -2.40. The summed E-state index contributed by atoms with van der Waals surface area (Å²) in [6, 6.07) is 0.0351.